The van der Waals surface area contributed by atoms with Gasteiger partial charge in [0.15, 0.2) is 0 Å². The highest BCUT2D eigenvalue weighted by Gasteiger charge is 2.47. The number of hydrogen-bond acceptors (Lipinski definition) is 5. The number of hydrogen-bond donors (Lipinski definition) is 4. The Morgan fingerprint density at radius 1 is 1.14 bits per heavy atom. The molecule has 0 aromatic heterocycles. The first-order valence-electron chi connectivity index (χ1n) is 10.8. The fourth-order valence-corrected chi connectivity index (χ4v) is 4.69. The summed E-state index contributed by atoms with van der Waals surface area (Å²) in [5, 5.41) is 11.4. The standard InChI is InChI=1S/C22H24ClF3N4O5S/c23-18-7-2-1-6-17(18)20(21(33)29-15-11-22(25,26)12-15)30(16-5-3-4-14(24)10-16)19(32)13-28-36(34,35)27-8-9-31/h1-7,10,15,20,27-28,31H,8-9,11-13H2,(H,29,33)/t20-/m1/s1. The van der Waals surface area contributed by atoms with Crippen molar-refractivity contribution in [1.82, 2.24) is 14.8 Å². The molecule has 0 aliphatic heterocycles. The van der Waals surface area contributed by atoms with Crippen molar-refractivity contribution in [2.24, 2.45) is 0 Å². The molecule has 0 saturated heterocycles. The molecule has 1 aliphatic carbocycles. The van der Waals surface area contributed by atoms with Gasteiger partial charge in [-0.1, -0.05) is 35.9 Å². The first-order chi connectivity index (χ1) is 16.9. The van der Waals surface area contributed by atoms with Crippen molar-refractivity contribution < 1.29 is 36.3 Å². The van der Waals surface area contributed by atoms with Gasteiger partial charge in [-0.2, -0.15) is 17.9 Å². The highest BCUT2D eigenvalue weighted by Crippen LogP contribution is 2.38. The third-order valence-electron chi connectivity index (χ3n) is 5.32. The molecule has 0 radical (unpaired) electrons. The zero-order valence-corrected chi connectivity index (χ0v) is 20.3. The van der Waals surface area contributed by atoms with Gasteiger partial charge in [0.25, 0.3) is 16.1 Å². The van der Waals surface area contributed by atoms with Crippen LogP contribution in [0.15, 0.2) is 48.5 Å². The Balaban J connectivity index is 2.00. The predicted molar refractivity (Wildman–Crippen MR) is 126 cm³/mol. The molecule has 1 atom stereocenters. The number of anilines is 1. The molecule has 2 aromatic rings. The van der Waals surface area contributed by atoms with Gasteiger partial charge in [-0.15, -0.1) is 0 Å². The molecule has 0 unspecified atom stereocenters. The van der Waals surface area contributed by atoms with Crippen molar-refractivity contribution in [2.75, 3.05) is 24.6 Å². The van der Waals surface area contributed by atoms with Crippen molar-refractivity contribution >= 4 is 39.3 Å². The number of rotatable bonds is 11. The minimum Gasteiger partial charge on any atom is -0.395 e. The number of benzene rings is 2. The van der Waals surface area contributed by atoms with Gasteiger partial charge in [0.05, 0.1) is 13.2 Å². The highest BCUT2D eigenvalue weighted by atomic mass is 35.5. The van der Waals surface area contributed by atoms with Crippen LogP contribution in [0.5, 0.6) is 0 Å². The summed E-state index contributed by atoms with van der Waals surface area (Å²) in [6, 6.07) is 8.27. The number of aliphatic hydroxyl groups is 1. The smallest absolute Gasteiger partial charge is 0.277 e. The molecule has 9 nitrogen and oxygen atoms in total. The largest absolute Gasteiger partial charge is 0.395 e. The van der Waals surface area contributed by atoms with E-state index in [0.29, 0.717) is 0 Å². The van der Waals surface area contributed by atoms with E-state index in [4.69, 9.17) is 16.7 Å². The van der Waals surface area contributed by atoms with Gasteiger partial charge >= 0.3 is 0 Å². The lowest BCUT2D eigenvalue weighted by Crippen LogP contribution is -2.55. The Labute approximate surface area is 210 Å². The lowest BCUT2D eigenvalue weighted by atomic mass is 9.87. The lowest BCUT2D eigenvalue weighted by molar-refractivity contribution is -0.132. The van der Waals surface area contributed by atoms with Gasteiger partial charge in [0.2, 0.25) is 11.8 Å². The van der Waals surface area contributed by atoms with Crippen LogP contribution in [0.2, 0.25) is 5.02 Å². The summed E-state index contributed by atoms with van der Waals surface area (Å²) >= 11 is 6.31. The molecule has 14 heteroatoms. The number of amides is 2. The van der Waals surface area contributed by atoms with Crippen molar-refractivity contribution in [3.63, 3.8) is 0 Å². The maximum atomic E-state index is 14.1. The van der Waals surface area contributed by atoms with Crippen LogP contribution < -0.4 is 19.7 Å². The van der Waals surface area contributed by atoms with Gasteiger partial charge in [-0.3, -0.25) is 14.5 Å². The SMILES string of the molecule is O=C(NC1CC(F)(F)C1)[C@@H](c1ccccc1Cl)N(C(=O)CNS(=O)(=O)NCCO)c1cccc(F)c1. The van der Waals surface area contributed by atoms with Gasteiger partial charge < -0.3 is 10.4 Å². The second-order valence-corrected chi connectivity index (χ2v) is 10.1. The summed E-state index contributed by atoms with van der Waals surface area (Å²) in [5.74, 6) is -5.49. The van der Waals surface area contributed by atoms with E-state index >= 15 is 0 Å². The molecule has 2 aromatic carbocycles. The van der Waals surface area contributed by atoms with Crippen molar-refractivity contribution in [3.05, 3.63) is 64.9 Å². The number of nitrogens with zero attached hydrogens (tertiary/aromatic N) is 1. The Morgan fingerprint density at radius 2 is 1.83 bits per heavy atom. The minimum atomic E-state index is -4.20. The second-order valence-electron chi connectivity index (χ2n) is 8.08. The number of carbonyl (C=O) groups excluding carboxylic acids is 2. The third-order valence-corrected chi connectivity index (χ3v) is 6.77. The highest BCUT2D eigenvalue weighted by molar-refractivity contribution is 7.87. The molecular weight excluding hydrogens is 525 g/mol. The van der Waals surface area contributed by atoms with E-state index in [-0.39, 0.29) is 22.8 Å². The first-order valence-corrected chi connectivity index (χ1v) is 12.6. The van der Waals surface area contributed by atoms with Crippen molar-refractivity contribution in [1.29, 1.82) is 0 Å². The number of carbonyl (C=O) groups is 2. The molecule has 4 N–H and O–H groups in total. The minimum absolute atomic E-state index is 0.0657. The fraction of sp³-hybridized carbons (Fsp3) is 0.364. The lowest BCUT2D eigenvalue weighted by Gasteiger charge is -2.38. The molecule has 36 heavy (non-hydrogen) atoms. The Kier molecular flexibility index (Phi) is 8.95. The summed E-state index contributed by atoms with van der Waals surface area (Å²) in [6.45, 7) is -1.65. The topological polar surface area (TPSA) is 128 Å². The summed E-state index contributed by atoms with van der Waals surface area (Å²) in [4.78, 5) is 27.6. The summed E-state index contributed by atoms with van der Waals surface area (Å²) in [7, 11) is -4.20. The van der Waals surface area contributed by atoms with Crippen LogP contribution in [0.1, 0.15) is 24.4 Å². The van der Waals surface area contributed by atoms with Gasteiger partial charge in [-0.25, -0.2) is 13.2 Å². The van der Waals surface area contributed by atoms with E-state index in [1.807, 2.05) is 9.44 Å². The maximum Gasteiger partial charge on any atom is 0.277 e. The fourth-order valence-electron chi connectivity index (χ4n) is 3.67. The van der Waals surface area contributed by atoms with Crippen molar-refractivity contribution in [2.45, 2.75) is 30.8 Å². The van der Waals surface area contributed by atoms with E-state index in [0.717, 1.165) is 17.0 Å². The second kappa shape index (κ2) is 11.6. The zero-order valence-electron chi connectivity index (χ0n) is 18.8. The van der Waals surface area contributed by atoms with Gasteiger partial charge in [0.1, 0.15) is 11.9 Å². The number of alkyl halides is 2. The van der Waals surface area contributed by atoms with E-state index in [9.17, 15) is 31.2 Å². The number of halogens is 4. The number of aliphatic hydroxyl groups excluding tert-OH is 1. The van der Waals surface area contributed by atoms with Crippen LogP contribution in [-0.2, 0) is 19.8 Å². The molecule has 0 heterocycles. The maximum absolute atomic E-state index is 14.1. The molecule has 196 valence electrons. The Morgan fingerprint density at radius 3 is 2.44 bits per heavy atom. The van der Waals surface area contributed by atoms with E-state index < -0.39 is 71.8 Å². The average Bonchev–Trinajstić information content (AvgIpc) is 2.79. The summed E-state index contributed by atoms with van der Waals surface area (Å²) < 4.78 is 68.9. The molecule has 2 amide bonds. The predicted octanol–water partition coefficient (Wildman–Crippen LogP) is 1.88. The normalized spacial score (nSPS) is 16.1. The van der Waals surface area contributed by atoms with Crippen LogP contribution >= 0.6 is 11.6 Å². The van der Waals surface area contributed by atoms with Crippen LogP contribution in [0, 0.1) is 5.82 Å². The monoisotopic (exact) mass is 548 g/mol. The van der Waals surface area contributed by atoms with Crippen LogP contribution in [0.25, 0.3) is 0 Å². The molecule has 1 fully saturated rings. The van der Waals surface area contributed by atoms with Crippen LogP contribution in [0.3, 0.4) is 0 Å². The molecule has 1 saturated carbocycles. The summed E-state index contributed by atoms with van der Waals surface area (Å²) in [6.07, 6.45) is -1.17. The third kappa shape index (κ3) is 7.17. The van der Waals surface area contributed by atoms with E-state index in [2.05, 4.69) is 5.32 Å². The Bertz CT molecular complexity index is 1210. The van der Waals surface area contributed by atoms with Crippen LogP contribution in [-0.4, -0.2) is 57.0 Å². The molecule has 0 spiro atoms. The number of nitrogens with one attached hydrogen (secondary N) is 3. The van der Waals surface area contributed by atoms with Crippen molar-refractivity contribution in [3.8, 4) is 0 Å². The average molecular weight is 549 g/mol. The van der Waals surface area contributed by atoms with Crippen LogP contribution in [0.4, 0.5) is 18.9 Å². The molecule has 0 bridgehead atoms. The first kappa shape index (κ1) is 27.9. The zero-order chi connectivity index (χ0) is 26.5. The van der Waals surface area contributed by atoms with Gasteiger partial charge in [-0.05, 0) is 24.3 Å². The summed E-state index contributed by atoms with van der Waals surface area (Å²) in [5.41, 5.74) is 0.0168. The van der Waals surface area contributed by atoms with E-state index in [1.54, 1.807) is 6.07 Å². The Hall–Kier alpha value is -2.71. The quantitative estimate of drug-likeness (QED) is 0.341. The van der Waals surface area contributed by atoms with Gasteiger partial charge in [0, 0.05) is 41.7 Å². The molecule has 1 aliphatic rings. The molecular formula is C22H24ClF3N4O5S. The molecule has 3 rings (SSSR count). The van der Waals surface area contributed by atoms with E-state index in [1.165, 1.54) is 30.3 Å².